The van der Waals surface area contributed by atoms with Crippen LogP contribution in [-0.2, 0) is 10.0 Å². The second-order valence-corrected chi connectivity index (χ2v) is 12.0. The number of allylic oxidation sites excluding steroid dienone is 2. The van der Waals surface area contributed by atoms with Crippen LogP contribution in [0.25, 0.3) is 4.91 Å². The lowest BCUT2D eigenvalue weighted by Crippen LogP contribution is -2.44. The fraction of sp³-hybridized carbons (Fsp3) is 0.417. The number of thioether (sulfide) groups is 1. The minimum atomic E-state index is -5.39. The molecule has 1 fully saturated rings. The summed E-state index contributed by atoms with van der Waals surface area (Å²) in [5, 5.41) is 6.02. The summed E-state index contributed by atoms with van der Waals surface area (Å²) in [5.41, 5.74) is -1.02. The molecule has 2 aromatic rings. The fourth-order valence-corrected chi connectivity index (χ4v) is 5.78. The van der Waals surface area contributed by atoms with Crippen molar-refractivity contribution < 1.29 is 39.5 Å². The van der Waals surface area contributed by atoms with E-state index < -0.39 is 56.8 Å². The molecule has 2 aliphatic heterocycles. The summed E-state index contributed by atoms with van der Waals surface area (Å²) in [6.45, 7) is 4.34. The van der Waals surface area contributed by atoms with Gasteiger partial charge in [0.1, 0.15) is 11.9 Å². The molecular formula is C24H25F6N5O3S2. The molecule has 40 heavy (non-hydrogen) atoms. The Kier molecular flexibility index (Phi) is 9.19. The van der Waals surface area contributed by atoms with Crippen molar-refractivity contribution in [2.75, 3.05) is 23.1 Å². The van der Waals surface area contributed by atoms with E-state index in [-0.39, 0.29) is 36.8 Å². The molecule has 0 radical (unpaired) electrons. The molecule has 3 N–H and O–H groups in total. The molecule has 4 rings (SSSR count). The predicted octanol–water partition coefficient (Wildman–Crippen LogP) is 5.39. The van der Waals surface area contributed by atoms with Gasteiger partial charge in [-0.1, -0.05) is 24.8 Å². The molecule has 0 bridgehead atoms. The number of ether oxygens (including phenoxy) is 1. The number of nitrogens with one attached hydrogen (secondary N) is 3. The Morgan fingerprint density at radius 1 is 1.23 bits per heavy atom. The van der Waals surface area contributed by atoms with Gasteiger partial charge in [-0.05, 0) is 24.3 Å². The van der Waals surface area contributed by atoms with Crippen LogP contribution in [0.15, 0.2) is 35.1 Å². The third kappa shape index (κ3) is 6.66. The van der Waals surface area contributed by atoms with Gasteiger partial charge in [0.15, 0.2) is 11.6 Å². The molecule has 0 amide bonds. The molecule has 218 valence electrons. The topological polar surface area (TPSA) is 105 Å². The average Bonchev–Trinajstić information content (AvgIpc) is 2.89. The van der Waals surface area contributed by atoms with Gasteiger partial charge in [0.25, 0.3) is 10.0 Å². The predicted molar refractivity (Wildman–Crippen MR) is 139 cm³/mol. The fourth-order valence-electron chi connectivity index (χ4n) is 4.17. The van der Waals surface area contributed by atoms with Crippen molar-refractivity contribution in [2.24, 2.45) is 5.92 Å². The monoisotopic (exact) mass is 609 g/mol. The number of halogens is 6. The molecule has 0 spiro atoms. The van der Waals surface area contributed by atoms with Gasteiger partial charge >= 0.3 is 5.76 Å². The molecule has 3 heterocycles. The van der Waals surface area contributed by atoms with Crippen molar-refractivity contribution in [3.05, 3.63) is 58.2 Å². The molecule has 8 nitrogen and oxygen atoms in total. The Bertz CT molecular complexity index is 1440. The summed E-state index contributed by atoms with van der Waals surface area (Å²) >= 11 is 1.18. The molecule has 1 aromatic carbocycles. The van der Waals surface area contributed by atoms with Crippen LogP contribution in [0.4, 0.5) is 38.0 Å². The Morgan fingerprint density at radius 2 is 1.98 bits per heavy atom. The van der Waals surface area contributed by atoms with E-state index in [1.807, 2.05) is 6.92 Å². The SMILES string of the molecule is CCC1C=C(C)SC(c2ccnc(N[C@@H]3CNC[C@@H](F)C3)n2)=C1Oc1c(F)cc(NS(=O)(=O)C(F)F)c(F)c1F. The Balaban J connectivity index is 1.71. The third-order valence-electron chi connectivity index (χ3n) is 6.03. The van der Waals surface area contributed by atoms with Crippen LogP contribution in [0.1, 0.15) is 32.4 Å². The number of hydrogen-bond acceptors (Lipinski definition) is 8. The van der Waals surface area contributed by atoms with Gasteiger partial charge in [0.2, 0.25) is 17.5 Å². The molecule has 1 saturated heterocycles. The maximum atomic E-state index is 15.0. The van der Waals surface area contributed by atoms with Crippen LogP contribution in [0.5, 0.6) is 5.75 Å². The number of nitrogens with zero attached hydrogens (tertiary/aromatic N) is 2. The van der Waals surface area contributed by atoms with Crippen LogP contribution in [0.2, 0.25) is 0 Å². The van der Waals surface area contributed by atoms with E-state index in [4.69, 9.17) is 4.74 Å². The van der Waals surface area contributed by atoms with Crippen LogP contribution in [0.3, 0.4) is 0 Å². The molecule has 0 aliphatic carbocycles. The summed E-state index contributed by atoms with van der Waals surface area (Å²) in [5.74, 6) is -10.8. The van der Waals surface area contributed by atoms with E-state index in [1.54, 1.807) is 13.0 Å². The lowest BCUT2D eigenvalue weighted by Gasteiger charge is -2.27. The minimum absolute atomic E-state index is 0.0315. The van der Waals surface area contributed by atoms with Crippen molar-refractivity contribution in [1.29, 1.82) is 0 Å². The zero-order valence-electron chi connectivity index (χ0n) is 21.2. The van der Waals surface area contributed by atoms with Gasteiger partial charge in [0, 0.05) is 43.7 Å². The van der Waals surface area contributed by atoms with E-state index in [0.29, 0.717) is 23.6 Å². The number of piperidine rings is 1. The average molecular weight is 610 g/mol. The molecular weight excluding hydrogens is 584 g/mol. The molecule has 1 aromatic heterocycles. The highest BCUT2D eigenvalue weighted by Gasteiger charge is 2.32. The van der Waals surface area contributed by atoms with Gasteiger partial charge in [-0.25, -0.2) is 31.6 Å². The quantitative estimate of drug-likeness (QED) is 0.257. The molecule has 2 aliphatic rings. The summed E-state index contributed by atoms with van der Waals surface area (Å²) in [7, 11) is -5.39. The van der Waals surface area contributed by atoms with E-state index in [1.165, 1.54) is 24.0 Å². The number of aromatic nitrogens is 2. The number of sulfonamides is 1. The van der Waals surface area contributed by atoms with Crippen molar-refractivity contribution in [3.8, 4) is 5.75 Å². The van der Waals surface area contributed by atoms with E-state index in [9.17, 15) is 34.8 Å². The normalized spacial score (nSPS) is 21.8. The Labute approximate surface area is 230 Å². The number of benzene rings is 1. The maximum Gasteiger partial charge on any atom is 0.355 e. The minimum Gasteiger partial charge on any atom is -0.454 e. The molecule has 1 unspecified atom stereocenters. The van der Waals surface area contributed by atoms with Gasteiger partial charge in [-0.15, -0.1) is 0 Å². The Morgan fingerprint density at radius 3 is 2.65 bits per heavy atom. The maximum absolute atomic E-state index is 15.0. The van der Waals surface area contributed by atoms with Gasteiger partial charge < -0.3 is 15.4 Å². The van der Waals surface area contributed by atoms with Crippen LogP contribution in [0, 0.1) is 23.4 Å². The van der Waals surface area contributed by atoms with Crippen molar-refractivity contribution in [1.82, 2.24) is 15.3 Å². The summed E-state index contributed by atoms with van der Waals surface area (Å²) in [6.07, 6.45) is 2.86. The first-order chi connectivity index (χ1) is 18.9. The standard InChI is InChI=1S/C24H25F6N5O3S2/c1-3-12-6-11(2)39-22(16-4-5-32-24(34-16)33-14-7-13(25)9-31-10-14)20(12)38-21-15(26)8-17(18(27)19(21)28)35-40(36,37)23(29)30/h4-6,8,12-14,23,31,35H,3,7,9-10H2,1-2H3,(H,32,33,34)/t12?,13-,14-/m0/s1. The van der Waals surface area contributed by atoms with E-state index in [2.05, 4.69) is 20.6 Å². The lowest BCUT2D eigenvalue weighted by atomic mass is 10.0. The first kappa shape index (κ1) is 30.0. The van der Waals surface area contributed by atoms with Crippen LogP contribution < -0.4 is 20.1 Å². The number of alkyl halides is 3. The summed E-state index contributed by atoms with van der Waals surface area (Å²) in [6, 6.07) is 1.48. The van der Waals surface area contributed by atoms with E-state index >= 15 is 0 Å². The summed E-state index contributed by atoms with van der Waals surface area (Å²) < 4.78 is 113. The number of hydrogen-bond donors (Lipinski definition) is 3. The van der Waals surface area contributed by atoms with Gasteiger partial charge in [0.05, 0.1) is 16.3 Å². The first-order valence-corrected chi connectivity index (χ1v) is 14.5. The van der Waals surface area contributed by atoms with Crippen LogP contribution >= 0.6 is 11.8 Å². The van der Waals surface area contributed by atoms with Crippen molar-refractivity contribution in [2.45, 2.75) is 44.7 Å². The highest BCUT2D eigenvalue weighted by atomic mass is 32.2. The highest BCUT2D eigenvalue weighted by molar-refractivity contribution is 8.11. The van der Waals surface area contributed by atoms with Gasteiger partial charge in [-0.2, -0.15) is 13.2 Å². The zero-order chi connectivity index (χ0) is 29.2. The van der Waals surface area contributed by atoms with Crippen molar-refractivity contribution >= 4 is 38.3 Å². The summed E-state index contributed by atoms with van der Waals surface area (Å²) in [4.78, 5) is 9.82. The zero-order valence-corrected chi connectivity index (χ0v) is 22.8. The molecule has 16 heteroatoms. The largest absolute Gasteiger partial charge is 0.454 e. The molecule has 0 saturated carbocycles. The lowest BCUT2D eigenvalue weighted by molar-refractivity contribution is 0.236. The third-order valence-corrected chi connectivity index (χ3v) is 8.08. The van der Waals surface area contributed by atoms with Crippen molar-refractivity contribution in [3.63, 3.8) is 0 Å². The van der Waals surface area contributed by atoms with Crippen LogP contribution in [-0.4, -0.2) is 49.4 Å². The second kappa shape index (κ2) is 12.3. The smallest absolute Gasteiger partial charge is 0.355 e. The highest BCUT2D eigenvalue weighted by Crippen LogP contribution is 2.45. The number of anilines is 2. The van der Waals surface area contributed by atoms with Gasteiger partial charge in [-0.3, -0.25) is 4.72 Å². The first-order valence-electron chi connectivity index (χ1n) is 12.1. The van der Waals surface area contributed by atoms with E-state index in [0.717, 1.165) is 9.63 Å². The number of rotatable bonds is 9. The second-order valence-electron chi connectivity index (χ2n) is 9.06. The molecule has 3 atom stereocenters. The Hall–Kier alpha value is -2.98.